The third-order valence-electron chi connectivity index (χ3n) is 5.78. The first-order valence-corrected chi connectivity index (χ1v) is 10.2. The van der Waals surface area contributed by atoms with Crippen molar-refractivity contribution in [3.05, 3.63) is 53.3 Å². The van der Waals surface area contributed by atoms with E-state index in [-0.39, 0.29) is 17.8 Å². The minimum Gasteiger partial charge on any atom is -0.397 e. The van der Waals surface area contributed by atoms with Crippen molar-refractivity contribution in [2.45, 2.75) is 45.2 Å². The van der Waals surface area contributed by atoms with E-state index >= 15 is 0 Å². The van der Waals surface area contributed by atoms with Gasteiger partial charge in [0.25, 0.3) is 5.91 Å². The predicted octanol–water partition coefficient (Wildman–Crippen LogP) is 4.39. The summed E-state index contributed by atoms with van der Waals surface area (Å²) in [5.41, 5.74) is 9.77. The summed E-state index contributed by atoms with van der Waals surface area (Å²) < 4.78 is 13.2. The molecule has 6 heteroatoms. The second kappa shape index (κ2) is 9.16. The molecule has 0 atom stereocenters. The van der Waals surface area contributed by atoms with E-state index in [1.807, 2.05) is 18.0 Å². The lowest BCUT2D eigenvalue weighted by molar-refractivity contribution is 0.0923. The van der Waals surface area contributed by atoms with Gasteiger partial charge in [-0.25, -0.2) is 4.39 Å². The van der Waals surface area contributed by atoms with Crippen molar-refractivity contribution < 1.29 is 9.18 Å². The Balaban J connectivity index is 1.84. The van der Waals surface area contributed by atoms with Crippen LogP contribution in [-0.2, 0) is 6.54 Å². The molecule has 0 aliphatic heterocycles. The highest BCUT2D eigenvalue weighted by Gasteiger charge is 2.23. The molecule has 3 rings (SSSR count). The third-order valence-corrected chi connectivity index (χ3v) is 5.78. The summed E-state index contributed by atoms with van der Waals surface area (Å²) in [6.45, 7) is 2.81. The number of hydrogen-bond donors (Lipinski definition) is 3. The molecule has 29 heavy (non-hydrogen) atoms. The van der Waals surface area contributed by atoms with E-state index < -0.39 is 0 Å². The fourth-order valence-electron chi connectivity index (χ4n) is 3.94. The van der Waals surface area contributed by atoms with E-state index in [4.69, 9.17) is 5.73 Å². The van der Waals surface area contributed by atoms with Gasteiger partial charge in [0.2, 0.25) is 0 Å². The summed E-state index contributed by atoms with van der Waals surface area (Å²) in [6, 6.07) is 10.3. The minimum atomic E-state index is -0.261. The molecule has 2 aromatic carbocycles. The molecule has 1 amide bonds. The van der Waals surface area contributed by atoms with Gasteiger partial charge in [-0.3, -0.25) is 4.79 Å². The topological polar surface area (TPSA) is 70.4 Å². The van der Waals surface area contributed by atoms with Crippen molar-refractivity contribution in [1.29, 1.82) is 0 Å². The zero-order valence-electron chi connectivity index (χ0n) is 17.5. The van der Waals surface area contributed by atoms with Gasteiger partial charge in [0.15, 0.2) is 0 Å². The number of nitrogens with one attached hydrogen (secondary N) is 2. The molecule has 1 aliphatic carbocycles. The van der Waals surface area contributed by atoms with Crippen LogP contribution in [-0.4, -0.2) is 26.0 Å². The first-order valence-electron chi connectivity index (χ1n) is 10.2. The Morgan fingerprint density at radius 1 is 1.17 bits per heavy atom. The van der Waals surface area contributed by atoms with Crippen LogP contribution in [0, 0.1) is 11.7 Å². The molecule has 0 radical (unpaired) electrons. The fourth-order valence-corrected chi connectivity index (χ4v) is 3.94. The number of anilines is 3. The van der Waals surface area contributed by atoms with Crippen molar-refractivity contribution >= 4 is 23.0 Å². The second-order valence-electron chi connectivity index (χ2n) is 8.12. The smallest absolute Gasteiger partial charge is 0.253 e. The van der Waals surface area contributed by atoms with E-state index in [0.29, 0.717) is 17.8 Å². The Kier molecular flexibility index (Phi) is 6.62. The number of carbonyl (C=O) groups excluding carboxylic acids is 1. The highest BCUT2D eigenvalue weighted by molar-refractivity contribution is 6.02. The van der Waals surface area contributed by atoms with Crippen molar-refractivity contribution in [1.82, 2.24) is 5.32 Å². The normalized spacial score (nSPS) is 18.9. The number of nitrogen functional groups attached to an aromatic ring is 1. The van der Waals surface area contributed by atoms with Crippen molar-refractivity contribution in [2.75, 3.05) is 30.0 Å². The lowest BCUT2D eigenvalue weighted by Crippen LogP contribution is -2.38. The Bertz CT molecular complexity index is 845. The molecule has 0 saturated heterocycles. The zero-order valence-corrected chi connectivity index (χ0v) is 17.5. The molecule has 0 bridgehead atoms. The van der Waals surface area contributed by atoms with Gasteiger partial charge in [-0.15, -0.1) is 0 Å². The first-order chi connectivity index (χ1) is 13.9. The van der Waals surface area contributed by atoms with Gasteiger partial charge in [-0.05, 0) is 61.4 Å². The summed E-state index contributed by atoms with van der Waals surface area (Å²) >= 11 is 0. The average Bonchev–Trinajstić information content (AvgIpc) is 2.71. The Morgan fingerprint density at radius 2 is 1.83 bits per heavy atom. The monoisotopic (exact) mass is 398 g/mol. The van der Waals surface area contributed by atoms with E-state index in [0.717, 1.165) is 48.5 Å². The summed E-state index contributed by atoms with van der Waals surface area (Å²) in [4.78, 5) is 15.1. The number of benzene rings is 2. The Hall–Kier alpha value is -2.76. The van der Waals surface area contributed by atoms with Crippen LogP contribution in [0.4, 0.5) is 21.5 Å². The van der Waals surface area contributed by atoms with Crippen LogP contribution in [0.1, 0.15) is 48.5 Å². The van der Waals surface area contributed by atoms with Crippen LogP contribution in [0.2, 0.25) is 0 Å². The van der Waals surface area contributed by atoms with Gasteiger partial charge in [0, 0.05) is 26.7 Å². The Labute approximate surface area is 172 Å². The standard InChI is InChI=1S/C23H31FN4O/c1-15-4-10-18(11-5-15)27-23(29)19-12-20(25)21(26-2)13-22(19)28(3)14-16-6-8-17(24)9-7-16/h6-9,12-13,15,18,26H,4-5,10-11,14,25H2,1-3H3,(H,27,29)/t15-,18-. The van der Waals surface area contributed by atoms with E-state index in [1.54, 1.807) is 25.2 Å². The van der Waals surface area contributed by atoms with Crippen molar-refractivity contribution in [2.24, 2.45) is 5.92 Å². The molecule has 1 saturated carbocycles. The van der Waals surface area contributed by atoms with Gasteiger partial charge in [0.1, 0.15) is 5.82 Å². The average molecular weight is 399 g/mol. The van der Waals surface area contributed by atoms with E-state index in [1.165, 1.54) is 12.1 Å². The molecular formula is C23H31FN4O. The fraction of sp³-hybridized carbons (Fsp3) is 0.435. The Morgan fingerprint density at radius 3 is 2.45 bits per heavy atom. The quantitative estimate of drug-likeness (QED) is 0.631. The number of halogens is 1. The number of hydrogen-bond acceptors (Lipinski definition) is 4. The minimum absolute atomic E-state index is 0.0973. The SMILES string of the molecule is CNc1cc(N(C)Cc2ccc(F)cc2)c(C(=O)N[C@H]2CC[C@H](C)CC2)cc1N. The summed E-state index contributed by atoms with van der Waals surface area (Å²) in [5.74, 6) is 0.370. The lowest BCUT2D eigenvalue weighted by Gasteiger charge is -2.28. The number of nitrogens with zero attached hydrogens (tertiary/aromatic N) is 1. The van der Waals surface area contributed by atoms with E-state index in [9.17, 15) is 9.18 Å². The maximum absolute atomic E-state index is 13.2. The van der Waals surface area contributed by atoms with Crippen LogP contribution >= 0.6 is 0 Å². The number of nitrogens with two attached hydrogens (primary N) is 1. The van der Waals surface area contributed by atoms with Crippen molar-refractivity contribution in [3.8, 4) is 0 Å². The molecule has 5 nitrogen and oxygen atoms in total. The maximum atomic E-state index is 13.2. The third kappa shape index (κ3) is 5.19. The van der Waals surface area contributed by atoms with Crippen LogP contribution in [0.5, 0.6) is 0 Å². The molecular weight excluding hydrogens is 367 g/mol. The second-order valence-corrected chi connectivity index (χ2v) is 8.12. The maximum Gasteiger partial charge on any atom is 0.253 e. The van der Waals surface area contributed by atoms with Crippen LogP contribution < -0.4 is 21.3 Å². The van der Waals surface area contributed by atoms with Gasteiger partial charge in [-0.1, -0.05) is 19.1 Å². The highest BCUT2D eigenvalue weighted by Crippen LogP contribution is 2.31. The largest absolute Gasteiger partial charge is 0.397 e. The van der Waals surface area contributed by atoms with Crippen LogP contribution in [0.25, 0.3) is 0 Å². The van der Waals surface area contributed by atoms with Gasteiger partial charge in [-0.2, -0.15) is 0 Å². The predicted molar refractivity (Wildman–Crippen MR) is 118 cm³/mol. The van der Waals surface area contributed by atoms with Crippen molar-refractivity contribution in [3.63, 3.8) is 0 Å². The zero-order chi connectivity index (χ0) is 21.0. The summed E-state index contributed by atoms with van der Waals surface area (Å²) in [7, 11) is 3.73. The number of amides is 1. The van der Waals surface area contributed by atoms with Gasteiger partial charge in [0.05, 0.1) is 22.6 Å². The summed E-state index contributed by atoms with van der Waals surface area (Å²) in [6.07, 6.45) is 4.31. The number of carbonyl (C=O) groups is 1. The molecule has 156 valence electrons. The molecule has 0 spiro atoms. The number of rotatable bonds is 6. The lowest BCUT2D eigenvalue weighted by atomic mass is 9.87. The van der Waals surface area contributed by atoms with Crippen LogP contribution in [0.3, 0.4) is 0 Å². The summed E-state index contributed by atoms with van der Waals surface area (Å²) in [5, 5.41) is 6.28. The first kappa shape index (κ1) is 21.0. The van der Waals surface area contributed by atoms with Gasteiger partial charge < -0.3 is 21.3 Å². The van der Waals surface area contributed by atoms with Gasteiger partial charge >= 0.3 is 0 Å². The van der Waals surface area contributed by atoms with Crippen LogP contribution in [0.15, 0.2) is 36.4 Å². The molecule has 2 aromatic rings. The molecule has 1 aliphatic rings. The molecule has 0 aromatic heterocycles. The molecule has 0 heterocycles. The molecule has 4 N–H and O–H groups in total. The van der Waals surface area contributed by atoms with E-state index in [2.05, 4.69) is 17.6 Å². The molecule has 0 unspecified atom stereocenters. The molecule has 1 fully saturated rings. The highest BCUT2D eigenvalue weighted by atomic mass is 19.1.